The smallest absolute Gasteiger partial charge is 0.0226 e. The summed E-state index contributed by atoms with van der Waals surface area (Å²) in [6.07, 6.45) is 2.74. The van der Waals surface area contributed by atoms with Gasteiger partial charge in [0, 0.05) is 0 Å². The molecule has 0 nitrogen and oxygen atoms in total. The van der Waals surface area contributed by atoms with Gasteiger partial charge in [0.2, 0.25) is 0 Å². The predicted octanol–water partition coefficient (Wildman–Crippen LogP) is 3.10. The Bertz CT molecular complexity index is 364. The predicted molar refractivity (Wildman–Crippen MR) is 98.4 cm³/mol. The fraction of sp³-hybridized carbons (Fsp3) is 0.250. The van der Waals surface area contributed by atoms with Gasteiger partial charge >= 0.3 is 23.9 Å². The molecule has 0 bridgehead atoms. The molecule has 2 radical (unpaired) electrons. The van der Waals surface area contributed by atoms with E-state index in [1.54, 1.807) is 0 Å². The third-order valence-corrected chi connectivity index (χ3v) is 4.58. The summed E-state index contributed by atoms with van der Waals surface area (Å²) in [6, 6.07) is 21.2. The molecular formula is C16H24P2Sn. The van der Waals surface area contributed by atoms with E-state index in [2.05, 4.69) is 74.5 Å². The topological polar surface area (TPSA) is 0 Å². The van der Waals surface area contributed by atoms with E-state index in [1.807, 2.05) is 0 Å². The summed E-state index contributed by atoms with van der Waals surface area (Å²) in [5, 5.41) is 2.79. The first-order chi connectivity index (χ1) is 8.86. The van der Waals surface area contributed by atoms with Crippen molar-refractivity contribution in [1.82, 2.24) is 0 Å². The molecule has 2 aromatic rings. The van der Waals surface area contributed by atoms with Crippen molar-refractivity contribution in [3.8, 4) is 0 Å². The maximum atomic E-state index is 2.22. The van der Waals surface area contributed by atoms with E-state index in [0.29, 0.717) is 0 Å². The van der Waals surface area contributed by atoms with Crippen LogP contribution in [0, 0.1) is 0 Å². The number of hydrogen-bond donors (Lipinski definition) is 0. The molecule has 0 fully saturated rings. The minimum atomic E-state index is 0. The Morgan fingerprint density at radius 2 is 1.05 bits per heavy atom. The van der Waals surface area contributed by atoms with Crippen LogP contribution in [0.25, 0.3) is 0 Å². The van der Waals surface area contributed by atoms with E-state index in [-0.39, 0.29) is 23.9 Å². The molecule has 3 heteroatoms. The number of rotatable bonds is 4. The first kappa shape index (κ1) is 19.1. The summed E-state index contributed by atoms with van der Waals surface area (Å²) in [6.45, 7) is 4.45. The Morgan fingerprint density at radius 3 is 1.32 bits per heavy atom. The molecular weight excluding hydrogens is 373 g/mol. The molecule has 2 aromatic carbocycles. The SMILES string of the molecule is CCPCC.[SnH2].c1ccc(Pc2ccccc2)cc1. The molecule has 19 heavy (non-hydrogen) atoms. The first-order valence-electron chi connectivity index (χ1n) is 6.44. The van der Waals surface area contributed by atoms with Gasteiger partial charge in [-0.25, -0.2) is 0 Å². The molecule has 0 saturated heterocycles. The average Bonchev–Trinajstić information content (AvgIpc) is 2.43. The van der Waals surface area contributed by atoms with Crippen molar-refractivity contribution in [2.24, 2.45) is 0 Å². The zero-order chi connectivity index (χ0) is 13.1. The van der Waals surface area contributed by atoms with Crippen LogP contribution >= 0.6 is 17.2 Å². The van der Waals surface area contributed by atoms with Crippen molar-refractivity contribution in [2.75, 3.05) is 12.3 Å². The Hall–Kier alpha value is 0.0987. The zero-order valence-electron chi connectivity index (χ0n) is 11.9. The van der Waals surface area contributed by atoms with E-state index in [4.69, 9.17) is 0 Å². The Morgan fingerprint density at radius 1 is 0.684 bits per heavy atom. The van der Waals surface area contributed by atoms with Crippen molar-refractivity contribution in [3.05, 3.63) is 60.7 Å². The minimum Gasteiger partial charge on any atom is -0.0622 e. The van der Waals surface area contributed by atoms with Gasteiger partial charge in [0.05, 0.1) is 0 Å². The molecule has 0 amide bonds. The minimum absolute atomic E-state index is 0. The van der Waals surface area contributed by atoms with Crippen molar-refractivity contribution in [1.29, 1.82) is 0 Å². The second-order valence-electron chi connectivity index (χ2n) is 3.81. The van der Waals surface area contributed by atoms with Gasteiger partial charge in [-0.2, -0.15) is 0 Å². The van der Waals surface area contributed by atoms with Gasteiger partial charge in [-0.15, -0.1) is 8.58 Å². The maximum Gasteiger partial charge on any atom is -0.0226 e. The van der Waals surface area contributed by atoms with Crippen LogP contribution in [0.4, 0.5) is 0 Å². The Labute approximate surface area is 138 Å². The molecule has 0 atom stereocenters. The zero-order valence-corrected chi connectivity index (χ0v) is 17.9. The van der Waals surface area contributed by atoms with Crippen LogP contribution in [-0.4, -0.2) is 36.2 Å². The largest absolute Gasteiger partial charge is 0.0622 e. The van der Waals surface area contributed by atoms with E-state index in [1.165, 1.54) is 31.5 Å². The molecule has 0 saturated carbocycles. The molecule has 0 unspecified atom stereocenters. The molecule has 0 aliphatic heterocycles. The summed E-state index contributed by atoms with van der Waals surface area (Å²) >= 11 is 0. The standard InChI is InChI=1S/C12H11P.C4H11P.Sn.2H/c1-3-7-11(8-4-1)13-12-9-5-2-6-10-12;1-3-5-4-2;;;/h1-10,13H;5H,3-4H2,1-2H3;;;. The van der Waals surface area contributed by atoms with E-state index in [0.717, 1.165) is 8.58 Å². The van der Waals surface area contributed by atoms with Crippen LogP contribution < -0.4 is 10.6 Å². The van der Waals surface area contributed by atoms with E-state index in [9.17, 15) is 0 Å². The fourth-order valence-electron chi connectivity index (χ4n) is 1.46. The van der Waals surface area contributed by atoms with Crippen LogP contribution in [0.1, 0.15) is 13.8 Å². The molecule has 0 aliphatic rings. The summed E-state index contributed by atoms with van der Waals surface area (Å²) in [4.78, 5) is 0. The third-order valence-electron chi connectivity index (χ3n) is 2.34. The Balaban J connectivity index is 0.000000471. The van der Waals surface area contributed by atoms with Gasteiger partial charge in [0.1, 0.15) is 0 Å². The van der Waals surface area contributed by atoms with Crippen molar-refractivity contribution >= 4 is 51.7 Å². The van der Waals surface area contributed by atoms with Gasteiger partial charge in [0.25, 0.3) is 0 Å². The van der Waals surface area contributed by atoms with Crippen molar-refractivity contribution in [3.63, 3.8) is 0 Å². The molecule has 0 aromatic heterocycles. The molecule has 2 rings (SSSR count). The van der Waals surface area contributed by atoms with Crippen molar-refractivity contribution in [2.45, 2.75) is 13.8 Å². The van der Waals surface area contributed by atoms with E-state index >= 15 is 0 Å². The number of benzene rings is 2. The van der Waals surface area contributed by atoms with Crippen molar-refractivity contribution < 1.29 is 0 Å². The van der Waals surface area contributed by atoms with Crippen LogP contribution in [0.5, 0.6) is 0 Å². The molecule has 0 spiro atoms. The summed E-state index contributed by atoms with van der Waals surface area (Å²) in [5.41, 5.74) is 0. The van der Waals surface area contributed by atoms with Gasteiger partial charge in [0.15, 0.2) is 0 Å². The van der Waals surface area contributed by atoms with Crippen LogP contribution in [0.15, 0.2) is 60.7 Å². The number of hydrogen-bond acceptors (Lipinski definition) is 0. The molecule has 102 valence electrons. The molecule has 0 N–H and O–H groups in total. The van der Waals surface area contributed by atoms with Crippen LogP contribution in [-0.2, 0) is 0 Å². The summed E-state index contributed by atoms with van der Waals surface area (Å²) in [5.74, 6) is 0. The molecule has 0 aliphatic carbocycles. The second kappa shape index (κ2) is 13.1. The van der Waals surface area contributed by atoms with Crippen LogP contribution in [0.2, 0.25) is 0 Å². The maximum absolute atomic E-state index is 2.22. The van der Waals surface area contributed by atoms with Gasteiger partial charge < -0.3 is 0 Å². The first-order valence-corrected chi connectivity index (χ1v) is 8.86. The fourth-order valence-corrected chi connectivity index (χ4v) is 3.01. The van der Waals surface area contributed by atoms with Gasteiger partial charge in [-0.05, 0) is 22.9 Å². The quantitative estimate of drug-likeness (QED) is 0.550. The monoisotopic (exact) mass is 398 g/mol. The molecule has 0 heterocycles. The van der Waals surface area contributed by atoms with E-state index < -0.39 is 0 Å². The average molecular weight is 397 g/mol. The second-order valence-corrected chi connectivity index (χ2v) is 7.13. The van der Waals surface area contributed by atoms with Gasteiger partial charge in [-0.3, -0.25) is 0 Å². The van der Waals surface area contributed by atoms with Gasteiger partial charge in [-0.1, -0.05) is 83.1 Å². The Kier molecular flexibility index (Phi) is 13.2. The summed E-state index contributed by atoms with van der Waals surface area (Å²) < 4.78 is 0. The van der Waals surface area contributed by atoms with Crippen LogP contribution in [0.3, 0.4) is 0 Å². The third kappa shape index (κ3) is 9.60. The summed E-state index contributed by atoms with van der Waals surface area (Å²) in [7, 11) is 1.97. The normalized spacial score (nSPS) is 8.95.